The van der Waals surface area contributed by atoms with Crippen LogP contribution in [0.5, 0.6) is 0 Å². The summed E-state index contributed by atoms with van der Waals surface area (Å²) >= 11 is 1.48. The van der Waals surface area contributed by atoms with E-state index in [-0.39, 0.29) is 92.3 Å². The third-order valence-electron chi connectivity index (χ3n) is 12.5. The number of nitrogens with one attached hydrogen (secondary N) is 5. The van der Waals surface area contributed by atoms with Crippen LogP contribution in [0, 0.1) is 11.8 Å². The van der Waals surface area contributed by atoms with Crippen LogP contribution in [0.25, 0.3) is 0 Å². The number of para-hydroxylation sites is 1. The molecular weight excluding hydrogens is 971 g/mol. The lowest BCUT2D eigenvalue weighted by molar-refractivity contribution is -0.140. The summed E-state index contributed by atoms with van der Waals surface area (Å²) in [5.74, 6) is -1.64. The van der Waals surface area contributed by atoms with E-state index in [1.165, 1.54) is 28.8 Å². The Morgan fingerprint density at radius 1 is 0.671 bits per heavy atom. The zero-order valence-corrected chi connectivity index (χ0v) is 42.5. The predicted octanol–water partition coefficient (Wildman–Crippen LogP) is 0.873. The predicted molar refractivity (Wildman–Crippen MR) is 266 cm³/mol. The molecule has 1 aromatic carbocycles. The van der Waals surface area contributed by atoms with Crippen LogP contribution in [0.15, 0.2) is 42.5 Å². The number of rotatable bonds is 37. The number of nitrogens with zero attached hydrogens (tertiary/aromatic N) is 2. The van der Waals surface area contributed by atoms with E-state index in [1.807, 2.05) is 18.2 Å². The first-order valence-corrected chi connectivity index (χ1v) is 26.5. The summed E-state index contributed by atoms with van der Waals surface area (Å²) < 4.78 is 32.7. The summed E-state index contributed by atoms with van der Waals surface area (Å²) in [6, 6.07) is 7.56. The minimum absolute atomic E-state index is 0.0132. The molecule has 0 radical (unpaired) electrons. The third-order valence-corrected chi connectivity index (χ3v) is 13.8. The second-order valence-electron chi connectivity index (χ2n) is 18.0. The van der Waals surface area contributed by atoms with E-state index in [4.69, 9.17) is 28.4 Å². The van der Waals surface area contributed by atoms with Crippen molar-refractivity contribution in [2.24, 2.45) is 11.8 Å². The maximum atomic E-state index is 13.3. The molecule has 404 valence electrons. The maximum absolute atomic E-state index is 13.3. The molecular formula is C50H73N7O15S. The van der Waals surface area contributed by atoms with Gasteiger partial charge in [-0.3, -0.25) is 53.0 Å². The average Bonchev–Trinajstić information content (AvgIpc) is 4.05. The van der Waals surface area contributed by atoms with Gasteiger partial charge < -0.3 is 55.0 Å². The van der Waals surface area contributed by atoms with E-state index < -0.39 is 29.1 Å². The molecule has 9 amide bonds. The van der Waals surface area contributed by atoms with Crippen LogP contribution in [0.4, 0.5) is 5.69 Å². The lowest BCUT2D eigenvalue weighted by Gasteiger charge is -2.30. The number of carbonyl (C=O) groups excluding carboxylic acids is 9. The summed E-state index contributed by atoms with van der Waals surface area (Å²) in [5, 5.41) is 13.4. The van der Waals surface area contributed by atoms with Crippen LogP contribution in [0.1, 0.15) is 70.6 Å². The number of ether oxygens (including phenoxy) is 6. The van der Waals surface area contributed by atoms with E-state index in [9.17, 15) is 43.2 Å². The van der Waals surface area contributed by atoms with Gasteiger partial charge in [0.2, 0.25) is 41.4 Å². The molecule has 0 bridgehead atoms. The summed E-state index contributed by atoms with van der Waals surface area (Å²) in [4.78, 5) is 114. The van der Waals surface area contributed by atoms with E-state index in [0.29, 0.717) is 123 Å². The second-order valence-corrected chi connectivity index (χ2v) is 19.3. The molecule has 73 heavy (non-hydrogen) atoms. The number of likely N-dealkylation sites (tertiary alicyclic amines) is 1. The van der Waals surface area contributed by atoms with Crippen LogP contribution in [0.2, 0.25) is 0 Å². The monoisotopic (exact) mass is 1040 g/mol. The fraction of sp³-hybridized carbons (Fsp3) is 0.660. The number of anilines is 1. The van der Waals surface area contributed by atoms with Gasteiger partial charge in [-0.15, -0.1) is 11.8 Å². The molecule has 0 aromatic heterocycles. The van der Waals surface area contributed by atoms with E-state index in [2.05, 4.69) is 26.6 Å². The molecule has 3 atom stereocenters. The van der Waals surface area contributed by atoms with Crippen LogP contribution in [0.3, 0.4) is 0 Å². The zero-order chi connectivity index (χ0) is 52.0. The van der Waals surface area contributed by atoms with Gasteiger partial charge in [0.25, 0.3) is 11.8 Å². The number of hydrogen-bond acceptors (Lipinski definition) is 16. The largest absolute Gasteiger partial charge is 0.377 e. The van der Waals surface area contributed by atoms with Gasteiger partial charge in [0, 0.05) is 62.8 Å². The van der Waals surface area contributed by atoms with Crippen LogP contribution in [-0.2, 0) is 71.6 Å². The molecule has 3 heterocycles. The van der Waals surface area contributed by atoms with E-state index >= 15 is 0 Å². The molecule has 5 rings (SSSR count). The zero-order valence-electron chi connectivity index (χ0n) is 41.7. The topological polar surface area (TPSA) is 276 Å². The number of amides is 9. The average molecular weight is 1040 g/mol. The fourth-order valence-corrected chi connectivity index (χ4v) is 9.65. The minimum Gasteiger partial charge on any atom is -0.377 e. The summed E-state index contributed by atoms with van der Waals surface area (Å²) in [6.07, 6.45) is 8.72. The van der Waals surface area contributed by atoms with E-state index in [0.717, 1.165) is 30.6 Å². The van der Waals surface area contributed by atoms with Gasteiger partial charge in [0.05, 0.1) is 77.9 Å². The fourth-order valence-electron chi connectivity index (χ4n) is 8.46. The lowest BCUT2D eigenvalue weighted by Crippen LogP contribution is -2.50. The van der Waals surface area contributed by atoms with Crippen LogP contribution in [-0.4, -0.2) is 192 Å². The van der Waals surface area contributed by atoms with Crippen LogP contribution >= 0.6 is 11.8 Å². The first-order chi connectivity index (χ1) is 35.5. The highest BCUT2D eigenvalue weighted by molar-refractivity contribution is 8.00. The Morgan fingerprint density at radius 3 is 1.90 bits per heavy atom. The smallest absolute Gasteiger partial charge is 0.253 e. The lowest BCUT2D eigenvalue weighted by atomic mass is 9.81. The molecule has 2 saturated heterocycles. The number of unbranched alkanes of at least 4 members (excludes halogenated alkanes) is 2. The van der Waals surface area contributed by atoms with Crippen molar-refractivity contribution in [1.82, 2.24) is 31.1 Å². The Morgan fingerprint density at radius 2 is 1.29 bits per heavy atom. The highest BCUT2D eigenvalue weighted by Gasteiger charge is 2.40. The maximum Gasteiger partial charge on any atom is 0.253 e. The van der Waals surface area contributed by atoms with Crippen molar-refractivity contribution in [3.63, 3.8) is 0 Å². The van der Waals surface area contributed by atoms with Gasteiger partial charge in [0.15, 0.2) is 0 Å². The van der Waals surface area contributed by atoms with Crippen molar-refractivity contribution in [3.05, 3.63) is 42.5 Å². The Hall–Kier alpha value is -5.30. The van der Waals surface area contributed by atoms with Gasteiger partial charge in [0.1, 0.15) is 18.7 Å². The number of carbonyl (C=O) groups is 9. The van der Waals surface area contributed by atoms with Gasteiger partial charge in [-0.05, 0) is 68.7 Å². The van der Waals surface area contributed by atoms with Gasteiger partial charge in [-0.25, -0.2) is 0 Å². The molecule has 4 aliphatic rings. The van der Waals surface area contributed by atoms with Gasteiger partial charge in [-0.2, -0.15) is 0 Å². The number of benzene rings is 1. The normalized spacial score (nSPS) is 20.1. The highest BCUT2D eigenvalue weighted by atomic mass is 32.2. The number of thioether (sulfide) groups is 1. The molecule has 1 aliphatic carbocycles. The Balaban J connectivity index is 0.786. The molecule has 22 nitrogen and oxygen atoms in total. The molecule has 23 heteroatoms. The van der Waals surface area contributed by atoms with Crippen molar-refractivity contribution in [2.75, 3.05) is 117 Å². The first-order valence-electron chi connectivity index (χ1n) is 25.4. The molecule has 3 aliphatic heterocycles. The Kier molecular flexibility index (Phi) is 26.9. The summed E-state index contributed by atoms with van der Waals surface area (Å²) in [5.41, 5.74) is 0.619. The quantitative estimate of drug-likeness (QED) is 0.0457. The van der Waals surface area contributed by atoms with Gasteiger partial charge in [-0.1, -0.05) is 31.0 Å². The van der Waals surface area contributed by atoms with Crippen molar-refractivity contribution in [3.8, 4) is 0 Å². The molecule has 0 spiro atoms. The molecule has 1 aromatic rings. The van der Waals surface area contributed by atoms with Crippen molar-refractivity contribution in [2.45, 2.75) is 88.0 Å². The SMILES string of the molecule is O=C(COCCOCCOCCOCCOCCOCCNC(=O)C1CCC(CN2C(=O)CC(SCCCCC[C@H](NC(=O)C3CCC(=O)N3)C(=O)Nc3ccccc3)C2=O)CC1)NCCN1C(=O)C=CC1=O. The third kappa shape index (κ3) is 22.0. The molecule has 5 N–H and O–H groups in total. The number of imide groups is 2. The van der Waals surface area contributed by atoms with Crippen molar-refractivity contribution >= 4 is 70.6 Å². The standard InChI is InChI=1S/C50H73N7O15S/c58-42-15-14-40(54-42)49(65)55-39(48(64)53-38-7-3-1-4-8-38)9-5-2-6-32-73-41-33-46(62)57(50(41)66)34-36-10-12-37(13-11-36)47(63)52-19-21-67-22-23-68-24-25-69-26-27-70-28-29-71-30-31-72-35-43(59)51-18-20-56-44(60)16-17-45(56)61/h1,3-4,7-8,16-17,36-37,39-41H,2,5-6,9-15,18-35H2,(H,51,59)(H,52,63)(H,53,64)(H,54,58)(H,55,65)/t36?,37?,39-,40?,41?/m0/s1. The Labute approximate surface area is 430 Å². The number of hydrogen-bond donors (Lipinski definition) is 5. The van der Waals surface area contributed by atoms with Crippen molar-refractivity contribution in [1.29, 1.82) is 0 Å². The Bertz CT molecular complexity index is 1970. The minimum atomic E-state index is -0.777. The summed E-state index contributed by atoms with van der Waals surface area (Å²) in [6.45, 7) is 4.82. The first kappa shape index (κ1) is 58.6. The highest BCUT2D eigenvalue weighted by Crippen LogP contribution is 2.33. The second kappa shape index (κ2) is 33.5. The van der Waals surface area contributed by atoms with Crippen LogP contribution < -0.4 is 26.6 Å². The summed E-state index contributed by atoms with van der Waals surface area (Å²) in [7, 11) is 0. The molecule has 1 saturated carbocycles. The van der Waals surface area contributed by atoms with Gasteiger partial charge >= 0.3 is 0 Å². The molecule has 2 unspecified atom stereocenters. The molecule has 3 fully saturated rings. The van der Waals surface area contributed by atoms with E-state index in [1.54, 1.807) is 12.1 Å². The van der Waals surface area contributed by atoms with Crippen molar-refractivity contribution < 1.29 is 71.6 Å².